The van der Waals surface area contributed by atoms with Crippen molar-refractivity contribution >= 4 is 0 Å². The molecule has 0 aromatic heterocycles. The van der Waals surface area contributed by atoms with E-state index in [2.05, 4.69) is 35.6 Å². The molecule has 3 rings (SSSR count). The maximum absolute atomic E-state index is 3.72. The van der Waals surface area contributed by atoms with Crippen molar-refractivity contribution in [1.29, 1.82) is 0 Å². The Morgan fingerprint density at radius 1 is 1.07 bits per heavy atom. The summed E-state index contributed by atoms with van der Waals surface area (Å²) in [7, 11) is 0. The van der Waals surface area contributed by atoms with E-state index in [-0.39, 0.29) is 0 Å². The average molecular weight is 201 g/mol. The quantitative estimate of drug-likeness (QED) is 0.736. The number of nitrogens with one attached hydrogen (secondary N) is 1. The van der Waals surface area contributed by atoms with Crippen molar-refractivity contribution in [2.24, 2.45) is 0 Å². The Morgan fingerprint density at radius 2 is 1.87 bits per heavy atom. The Morgan fingerprint density at radius 3 is 2.73 bits per heavy atom. The molecule has 2 fully saturated rings. The smallest absolute Gasteiger partial charge is 0.0164 e. The summed E-state index contributed by atoms with van der Waals surface area (Å²) in [6.07, 6.45) is 6.87. The summed E-state index contributed by atoms with van der Waals surface area (Å²) >= 11 is 0. The highest BCUT2D eigenvalue weighted by molar-refractivity contribution is 5.30. The van der Waals surface area contributed by atoms with E-state index in [1.807, 2.05) is 0 Å². The van der Waals surface area contributed by atoms with Crippen LogP contribution in [0.5, 0.6) is 0 Å². The molecule has 15 heavy (non-hydrogen) atoms. The van der Waals surface area contributed by atoms with Gasteiger partial charge >= 0.3 is 0 Å². The van der Waals surface area contributed by atoms with E-state index < -0.39 is 0 Å². The summed E-state index contributed by atoms with van der Waals surface area (Å²) in [6, 6.07) is 11.9. The highest BCUT2D eigenvalue weighted by atomic mass is 15.0. The summed E-state index contributed by atoms with van der Waals surface area (Å²) in [6.45, 7) is 1.22. The van der Waals surface area contributed by atoms with E-state index >= 15 is 0 Å². The van der Waals surface area contributed by atoms with Gasteiger partial charge in [0.2, 0.25) is 0 Å². The van der Waals surface area contributed by atoms with Crippen LogP contribution < -0.4 is 5.32 Å². The predicted molar refractivity (Wildman–Crippen MR) is 63.0 cm³/mol. The highest BCUT2D eigenvalue weighted by Gasteiger charge is 2.44. The highest BCUT2D eigenvalue weighted by Crippen LogP contribution is 2.46. The minimum absolute atomic E-state index is 0.472. The first-order valence-corrected chi connectivity index (χ1v) is 6.21. The fraction of sp³-hybridized carbons (Fsp3) is 0.571. The summed E-state index contributed by atoms with van der Waals surface area (Å²) in [5.41, 5.74) is 2.04. The Labute approximate surface area is 91.9 Å². The van der Waals surface area contributed by atoms with Crippen LogP contribution in [-0.2, 0) is 5.41 Å². The number of fused-ring (bicyclic) bond motifs is 1. The average Bonchev–Trinajstić information content (AvgIpc) is 2.75. The second-order valence-corrected chi connectivity index (χ2v) is 5.02. The zero-order valence-corrected chi connectivity index (χ0v) is 9.21. The molecule has 0 amide bonds. The molecular weight excluding hydrogens is 182 g/mol. The van der Waals surface area contributed by atoms with Gasteiger partial charge in [0.1, 0.15) is 0 Å². The minimum atomic E-state index is 0.472. The number of benzene rings is 1. The molecule has 0 bridgehead atoms. The van der Waals surface area contributed by atoms with Crippen LogP contribution in [0, 0.1) is 0 Å². The Hall–Kier alpha value is -0.820. The van der Waals surface area contributed by atoms with Crippen molar-refractivity contribution in [3.63, 3.8) is 0 Å². The standard InChI is InChI=1S/C14H19N/c1-2-6-12(7-3-1)14-9-4-8-13(14)15-11-5-10-14/h1-3,6-7,13,15H,4-5,8-11H2. The molecule has 2 atom stereocenters. The lowest BCUT2D eigenvalue weighted by atomic mass is 9.71. The summed E-state index contributed by atoms with van der Waals surface area (Å²) in [4.78, 5) is 0. The van der Waals surface area contributed by atoms with Gasteiger partial charge < -0.3 is 5.32 Å². The summed E-state index contributed by atoms with van der Waals surface area (Å²) in [5.74, 6) is 0. The van der Waals surface area contributed by atoms with Crippen LogP contribution in [0.25, 0.3) is 0 Å². The molecule has 1 nitrogen and oxygen atoms in total. The van der Waals surface area contributed by atoms with Gasteiger partial charge in [-0.15, -0.1) is 0 Å². The third-order valence-corrected chi connectivity index (χ3v) is 4.32. The van der Waals surface area contributed by atoms with E-state index in [1.54, 1.807) is 5.56 Å². The minimum Gasteiger partial charge on any atom is -0.313 e. The second-order valence-electron chi connectivity index (χ2n) is 5.02. The lowest BCUT2D eigenvalue weighted by Crippen LogP contribution is -2.49. The van der Waals surface area contributed by atoms with Gasteiger partial charge in [0.25, 0.3) is 0 Å². The normalized spacial score (nSPS) is 35.1. The van der Waals surface area contributed by atoms with Gasteiger partial charge in [-0.2, -0.15) is 0 Å². The lowest BCUT2D eigenvalue weighted by Gasteiger charge is -2.40. The zero-order valence-electron chi connectivity index (χ0n) is 9.21. The van der Waals surface area contributed by atoms with E-state index in [0.717, 1.165) is 6.04 Å². The maximum atomic E-state index is 3.72. The number of hydrogen-bond donors (Lipinski definition) is 1. The molecule has 1 saturated carbocycles. The molecule has 1 aliphatic heterocycles. The first kappa shape index (κ1) is 9.41. The van der Waals surface area contributed by atoms with Crippen LogP contribution in [0.1, 0.15) is 37.7 Å². The van der Waals surface area contributed by atoms with Gasteiger partial charge in [0, 0.05) is 11.5 Å². The third-order valence-electron chi connectivity index (χ3n) is 4.32. The van der Waals surface area contributed by atoms with Crippen LogP contribution in [0.15, 0.2) is 30.3 Å². The van der Waals surface area contributed by atoms with E-state index in [1.165, 1.54) is 38.6 Å². The number of hydrogen-bond acceptors (Lipinski definition) is 1. The summed E-state index contributed by atoms with van der Waals surface area (Å²) in [5, 5.41) is 3.72. The lowest BCUT2D eigenvalue weighted by molar-refractivity contribution is 0.260. The molecule has 1 aliphatic carbocycles. The van der Waals surface area contributed by atoms with Gasteiger partial charge in [0.05, 0.1) is 0 Å². The second kappa shape index (κ2) is 3.64. The third kappa shape index (κ3) is 1.41. The van der Waals surface area contributed by atoms with E-state index in [4.69, 9.17) is 0 Å². The molecule has 1 heterocycles. The van der Waals surface area contributed by atoms with Gasteiger partial charge in [-0.25, -0.2) is 0 Å². The van der Waals surface area contributed by atoms with E-state index in [0.29, 0.717) is 5.41 Å². The van der Waals surface area contributed by atoms with Crippen molar-refractivity contribution in [3.8, 4) is 0 Å². The fourth-order valence-corrected chi connectivity index (χ4v) is 3.61. The SMILES string of the molecule is c1ccc(C23CCCNC2CCC3)cc1. The van der Waals surface area contributed by atoms with Gasteiger partial charge in [-0.05, 0) is 37.8 Å². The van der Waals surface area contributed by atoms with Gasteiger partial charge in [-0.3, -0.25) is 0 Å². The monoisotopic (exact) mass is 201 g/mol. The molecule has 1 saturated heterocycles. The zero-order chi connectivity index (χ0) is 10.1. The topological polar surface area (TPSA) is 12.0 Å². The molecule has 80 valence electrons. The van der Waals surface area contributed by atoms with Crippen LogP contribution in [0.3, 0.4) is 0 Å². The fourth-order valence-electron chi connectivity index (χ4n) is 3.61. The first-order valence-electron chi connectivity index (χ1n) is 6.21. The molecule has 1 N–H and O–H groups in total. The Balaban J connectivity index is 2.00. The van der Waals surface area contributed by atoms with Crippen LogP contribution >= 0.6 is 0 Å². The molecule has 1 heteroatoms. The van der Waals surface area contributed by atoms with Crippen molar-refractivity contribution in [1.82, 2.24) is 5.32 Å². The van der Waals surface area contributed by atoms with Crippen molar-refractivity contribution < 1.29 is 0 Å². The molecule has 1 aromatic carbocycles. The number of piperidine rings is 1. The molecule has 2 aliphatic rings. The summed E-state index contributed by atoms with van der Waals surface area (Å²) < 4.78 is 0. The van der Waals surface area contributed by atoms with E-state index in [9.17, 15) is 0 Å². The molecule has 1 aromatic rings. The first-order chi connectivity index (χ1) is 7.42. The van der Waals surface area contributed by atoms with Crippen LogP contribution in [0.2, 0.25) is 0 Å². The van der Waals surface area contributed by atoms with Gasteiger partial charge in [-0.1, -0.05) is 36.8 Å². The number of rotatable bonds is 1. The van der Waals surface area contributed by atoms with Crippen molar-refractivity contribution in [2.75, 3.05) is 6.54 Å². The van der Waals surface area contributed by atoms with Crippen LogP contribution in [0.4, 0.5) is 0 Å². The van der Waals surface area contributed by atoms with Crippen molar-refractivity contribution in [3.05, 3.63) is 35.9 Å². The van der Waals surface area contributed by atoms with Gasteiger partial charge in [0.15, 0.2) is 0 Å². The van der Waals surface area contributed by atoms with Crippen LogP contribution in [-0.4, -0.2) is 12.6 Å². The molecule has 0 radical (unpaired) electrons. The van der Waals surface area contributed by atoms with Crippen molar-refractivity contribution in [2.45, 2.75) is 43.6 Å². The molecule has 0 spiro atoms. The molecular formula is C14H19N. The predicted octanol–water partition coefficient (Wildman–Crippen LogP) is 2.86. The Kier molecular flexibility index (Phi) is 2.28. The molecule has 2 unspecified atom stereocenters. The largest absolute Gasteiger partial charge is 0.313 e. The Bertz CT molecular complexity index is 332. The maximum Gasteiger partial charge on any atom is 0.0164 e.